The molecule has 7 rings (SSSR count). The highest BCUT2D eigenvalue weighted by Gasteiger charge is 2.37. The second-order valence-electron chi connectivity index (χ2n) is 14.0. The van der Waals surface area contributed by atoms with E-state index in [0.717, 1.165) is 70.4 Å². The first-order valence-electron chi connectivity index (χ1n) is 19.0. The summed E-state index contributed by atoms with van der Waals surface area (Å²) in [6.45, 7) is 4.82. The van der Waals surface area contributed by atoms with Crippen molar-refractivity contribution in [3.63, 3.8) is 0 Å². The number of hydrogen-bond donors (Lipinski definition) is 4. The Kier molecular flexibility index (Phi) is 11.2. The number of nitrogens with zero attached hydrogens (tertiary/aromatic N) is 6. The number of aromatic amines is 2. The van der Waals surface area contributed by atoms with E-state index in [9.17, 15) is 19.2 Å². The lowest BCUT2D eigenvalue weighted by atomic mass is 10.0. The van der Waals surface area contributed by atoms with Crippen LogP contribution in [0.4, 0.5) is 9.59 Å². The molecule has 2 aliphatic heterocycles. The standard InChI is InChI=1S/C40H46N10O6/c1-5-27(48-40(54)55-4)37(51)49-15-7-9-32(49)35-45-22-31(47-35)26-18-29-28(43-20-26)17-25(19-42-29)23-11-13-24(14-12-23)30-21-44-36(46-30)33-10-8-16-50(33)38(52)34(6-2)56-39(53)41-3/h11-14,17-22,27,32-34H,5-10,15-16H2,1-4H3,(H,41,53)(H,44,46)(H,45,47)(H,48,54)/t27-,32?,33-,34-/m0/s1. The van der Waals surface area contributed by atoms with Gasteiger partial charge in [0.25, 0.3) is 5.91 Å². The van der Waals surface area contributed by atoms with Crippen molar-refractivity contribution < 1.29 is 28.7 Å². The molecule has 16 nitrogen and oxygen atoms in total. The van der Waals surface area contributed by atoms with Crippen LogP contribution in [0.25, 0.3) is 44.7 Å². The maximum atomic E-state index is 13.3. The third-order valence-corrected chi connectivity index (χ3v) is 10.5. The van der Waals surface area contributed by atoms with Crippen molar-refractivity contribution in [2.24, 2.45) is 0 Å². The van der Waals surface area contributed by atoms with Crippen molar-refractivity contribution in [3.05, 3.63) is 72.8 Å². The van der Waals surface area contributed by atoms with E-state index in [1.165, 1.54) is 14.2 Å². The summed E-state index contributed by atoms with van der Waals surface area (Å²) in [6.07, 6.45) is 9.04. The van der Waals surface area contributed by atoms with E-state index in [1.54, 1.807) is 28.4 Å². The van der Waals surface area contributed by atoms with E-state index in [-0.39, 0.29) is 23.9 Å². The highest BCUT2D eigenvalue weighted by atomic mass is 16.6. The van der Waals surface area contributed by atoms with E-state index in [0.29, 0.717) is 37.6 Å². The predicted molar refractivity (Wildman–Crippen MR) is 207 cm³/mol. The maximum Gasteiger partial charge on any atom is 0.407 e. The normalized spacial score (nSPS) is 17.8. The van der Waals surface area contributed by atoms with Gasteiger partial charge in [-0.2, -0.15) is 0 Å². The van der Waals surface area contributed by atoms with Gasteiger partial charge in [-0.05, 0) is 61.8 Å². The van der Waals surface area contributed by atoms with Gasteiger partial charge >= 0.3 is 12.2 Å². The first kappa shape index (κ1) is 38.0. The van der Waals surface area contributed by atoms with E-state index in [2.05, 4.69) is 30.6 Å². The quantitative estimate of drug-likeness (QED) is 0.130. The van der Waals surface area contributed by atoms with Gasteiger partial charge in [0, 0.05) is 43.7 Å². The van der Waals surface area contributed by atoms with E-state index in [1.807, 2.05) is 56.4 Å². The van der Waals surface area contributed by atoms with Crippen LogP contribution in [0.2, 0.25) is 0 Å². The molecular weight excluding hydrogens is 717 g/mol. The Labute approximate surface area is 323 Å². The summed E-state index contributed by atoms with van der Waals surface area (Å²) in [5.74, 6) is 1.01. The van der Waals surface area contributed by atoms with Gasteiger partial charge in [0.1, 0.15) is 17.7 Å². The predicted octanol–water partition coefficient (Wildman–Crippen LogP) is 5.67. The molecule has 4 aromatic heterocycles. The molecule has 4 amide bonds. The Balaban J connectivity index is 1.02. The fourth-order valence-corrected chi connectivity index (χ4v) is 7.51. The molecule has 2 aliphatic rings. The summed E-state index contributed by atoms with van der Waals surface area (Å²) in [6, 6.07) is 10.9. The molecule has 56 heavy (non-hydrogen) atoms. The molecule has 292 valence electrons. The number of likely N-dealkylation sites (tertiary alicyclic amines) is 2. The molecule has 0 bridgehead atoms. The third-order valence-electron chi connectivity index (χ3n) is 10.5. The number of methoxy groups -OCH3 is 1. The summed E-state index contributed by atoms with van der Waals surface area (Å²) < 4.78 is 10.0. The van der Waals surface area contributed by atoms with Crippen LogP contribution in [-0.4, -0.2) is 103 Å². The molecule has 5 aromatic rings. The average molecular weight is 763 g/mol. The van der Waals surface area contributed by atoms with Crippen LogP contribution in [-0.2, 0) is 19.1 Å². The van der Waals surface area contributed by atoms with Gasteiger partial charge in [-0.15, -0.1) is 0 Å². The molecule has 1 aromatic carbocycles. The fourth-order valence-electron chi connectivity index (χ4n) is 7.51. The molecule has 4 atom stereocenters. The SMILES string of the molecule is CC[C@H](NC(=O)OC)C(=O)N1CCCC1c1ncc(-c2cnc3cc(-c4ccc(-c5cnc([C@@H]6CCCN6C(=O)[C@H](CC)OC(=O)NC)[nH]5)cc4)cnc3c2)[nH]1. The third kappa shape index (κ3) is 7.76. The molecule has 2 saturated heterocycles. The monoisotopic (exact) mass is 762 g/mol. The first-order valence-corrected chi connectivity index (χ1v) is 19.0. The summed E-state index contributed by atoms with van der Waals surface area (Å²) >= 11 is 0. The summed E-state index contributed by atoms with van der Waals surface area (Å²) in [7, 11) is 2.75. The van der Waals surface area contributed by atoms with Crippen molar-refractivity contribution in [1.29, 1.82) is 0 Å². The van der Waals surface area contributed by atoms with E-state index in [4.69, 9.17) is 19.4 Å². The minimum atomic E-state index is -0.851. The maximum absolute atomic E-state index is 13.3. The zero-order valence-corrected chi connectivity index (χ0v) is 31.9. The van der Waals surface area contributed by atoms with Crippen LogP contribution in [0, 0.1) is 0 Å². The van der Waals surface area contributed by atoms with Gasteiger partial charge in [0.2, 0.25) is 5.91 Å². The first-order chi connectivity index (χ1) is 27.2. The number of rotatable bonds is 11. The van der Waals surface area contributed by atoms with Gasteiger partial charge < -0.3 is 39.9 Å². The number of H-pyrrole nitrogens is 2. The molecule has 0 aliphatic carbocycles. The zero-order chi connectivity index (χ0) is 39.3. The van der Waals surface area contributed by atoms with Crippen molar-refractivity contribution in [1.82, 2.24) is 50.3 Å². The second kappa shape index (κ2) is 16.6. The smallest absolute Gasteiger partial charge is 0.407 e. The lowest BCUT2D eigenvalue weighted by molar-refractivity contribution is -0.141. The summed E-state index contributed by atoms with van der Waals surface area (Å²) in [4.78, 5) is 79.3. The largest absolute Gasteiger partial charge is 0.453 e. The Morgan fingerprint density at radius 1 is 0.732 bits per heavy atom. The van der Waals surface area contributed by atoms with Crippen LogP contribution in [0.15, 0.2) is 61.2 Å². The molecule has 4 N–H and O–H groups in total. The fraction of sp³-hybridized carbons (Fsp3) is 0.400. The Morgan fingerprint density at radius 3 is 1.86 bits per heavy atom. The minimum Gasteiger partial charge on any atom is -0.453 e. The number of alkyl carbamates (subject to hydrolysis) is 2. The molecule has 0 saturated carbocycles. The van der Waals surface area contributed by atoms with E-state index < -0.39 is 24.3 Å². The Morgan fingerprint density at radius 2 is 1.29 bits per heavy atom. The zero-order valence-electron chi connectivity index (χ0n) is 31.9. The second-order valence-corrected chi connectivity index (χ2v) is 14.0. The van der Waals surface area contributed by atoms with Gasteiger partial charge in [-0.3, -0.25) is 19.6 Å². The lowest BCUT2D eigenvalue weighted by Gasteiger charge is -2.27. The van der Waals surface area contributed by atoms with Crippen LogP contribution in [0.1, 0.15) is 76.1 Å². The molecule has 0 radical (unpaired) electrons. The van der Waals surface area contributed by atoms with Crippen molar-refractivity contribution in [2.45, 2.75) is 76.6 Å². The Bertz CT molecular complexity index is 2220. The number of aromatic nitrogens is 6. The average Bonchev–Trinajstić information content (AvgIpc) is 4.08. The summed E-state index contributed by atoms with van der Waals surface area (Å²) in [5.41, 5.74) is 6.73. The molecule has 2 fully saturated rings. The highest BCUT2D eigenvalue weighted by Crippen LogP contribution is 2.35. The molecule has 0 spiro atoms. The Hall–Kier alpha value is -6.32. The van der Waals surface area contributed by atoms with Crippen LogP contribution < -0.4 is 10.6 Å². The number of carbonyl (C=O) groups excluding carboxylic acids is 4. The molecular formula is C40H46N10O6. The van der Waals surface area contributed by atoms with Gasteiger partial charge in [0.05, 0.1) is 54.0 Å². The number of ether oxygens (including phenoxy) is 2. The number of amides is 4. The van der Waals surface area contributed by atoms with Gasteiger partial charge in [-0.1, -0.05) is 38.1 Å². The van der Waals surface area contributed by atoms with Crippen LogP contribution >= 0.6 is 0 Å². The topological polar surface area (TPSA) is 200 Å². The number of benzene rings is 1. The number of imidazole rings is 2. The summed E-state index contributed by atoms with van der Waals surface area (Å²) in [5, 5.41) is 5.05. The van der Waals surface area contributed by atoms with Crippen molar-refractivity contribution in [3.8, 4) is 33.6 Å². The van der Waals surface area contributed by atoms with Crippen molar-refractivity contribution in [2.75, 3.05) is 27.2 Å². The molecule has 16 heteroatoms. The number of fused-ring (bicyclic) bond motifs is 1. The molecule has 1 unspecified atom stereocenters. The number of pyridine rings is 2. The number of carbonyl (C=O) groups is 4. The minimum absolute atomic E-state index is 0.158. The van der Waals surface area contributed by atoms with Crippen LogP contribution in [0.5, 0.6) is 0 Å². The van der Waals surface area contributed by atoms with Gasteiger partial charge in [0.15, 0.2) is 6.10 Å². The number of nitrogens with one attached hydrogen (secondary N) is 4. The van der Waals surface area contributed by atoms with Gasteiger partial charge in [-0.25, -0.2) is 19.6 Å². The van der Waals surface area contributed by atoms with E-state index >= 15 is 0 Å². The van der Waals surface area contributed by atoms with Crippen LogP contribution in [0.3, 0.4) is 0 Å². The molecule has 6 heterocycles. The lowest BCUT2D eigenvalue weighted by Crippen LogP contribution is -2.48. The number of hydrogen-bond acceptors (Lipinski definition) is 10. The highest BCUT2D eigenvalue weighted by molar-refractivity contribution is 5.87. The van der Waals surface area contributed by atoms with Crippen molar-refractivity contribution >= 4 is 35.0 Å².